The molecule has 1 aliphatic carbocycles. The Balaban J connectivity index is 1.85. The lowest BCUT2D eigenvalue weighted by Gasteiger charge is -2.27. The molecule has 0 saturated heterocycles. The van der Waals surface area contributed by atoms with E-state index in [-0.39, 0.29) is 18.2 Å². The Labute approximate surface area is 126 Å². The Morgan fingerprint density at radius 3 is 2.36 bits per heavy atom. The molecule has 1 aliphatic rings. The summed E-state index contributed by atoms with van der Waals surface area (Å²) < 4.78 is 26.0. The molecule has 0 unspecified atom stereocenters. The smallest absolute Gasteiger partial charge is 0.313 e. The van der Waals surface area contributed by atoms with Crippen LogP contribution in [-0.4, -0.2) is 29.6 Å². The first kappa shape index (κ1) is 16.4. The number of hydrogen-bond acceptors (Lipinski definition) is 3. The molecule has 22 heavy (non-hydrogen) atoms. The van der Waals surface area contributed by atoms with Crippen molar-refractivity contribution in [3.63, 3.8) is 0 Å². The monoisotopic (exact) mass is 312 g/mol. The van der Waals surface area contributed by atoms with Crippen molar-refractivity contribution in [2.45, 2.75) is 31.8 Å². The number of amides is 2. The second-order valence-electron chi connectivity index (χ2n) is 5.43. The number of aliphatic hydroxyl groups is 1. The van der Waals surface area contributed by atoms with Crippen molar-refractivity contribution in [2.24, 2.45) is 5.92 Å². The minimum absolute atomic E-state index is 0.0721. The lowest BCUT2D eigenvalue weighted by Crippen LogP contribution is -2.41. The van der Waals surface area contributed by atoms with Crippen LogP contribution in [0, 0.1) is 17.6 Å². The quantitative estimate of drug-likeness (QED) is 0.741. The Morgan fingerprint density at radius 1 is 1.09 bits per heavy atom. The maximum absolute atomic E-state index is 13.0. The third kappa shape index (κ3) is 4.49. The van der Waals surface area contributed by atoms with Gasteiger partial charge in [0.25, 0.3) is 0 Å². The van der Waals surface area contributed by atoms with Crippen molar-refractivity contribution in [1.29, 1.82) is 0 Å². The highest BCUT2D eigenvalue weighted by atomic mass is 19.1. The van der Waals surface area contributed by atoms with Gasteiger partial charge in [-0.2, -0.15) is 0 Å². The first-order valence-electron chi connectivity index (χ1n) is 7.19. The standard InChI is InChI=1S/C15H18F2N2O3/c16-10-5-11(17)7-12(6-10)19-15(22)14(21)18-8-9-3-1-2-4-13(9)20/h5-7,9,13,20H,1-4,8H2,(H,18,21)(H,19,22)/t9-,13+/m1/s1. The summed E-state index contributed by atoms with van der Waals surface area (Å²) in [7, 11) is 0. The number of halogens is 2. The van der Waals surface area contributed by atoms with Crippen LogP contribution in [0.3, 0.4) is 0 Å². The number of aliphatic hydroxyl groups excluding tert-OH is 1. The van der Waals surface area contributed by atoms with E-state index in [0.29, 0.717) is 12.5 Å². The van der Waals surface area contributed by atoms with Crippen LogP contribution in [-0.2, 0) is 9.59 Å². The minimum Gasteiger partial charge on any atom is -0.393 e. The number of benzene rings is 1. The molecule has 0 heterocycles. The Morgan fingerprint density at radius 2 is 1.73 bits per heavy atom. The Hall–Kier alpha value is -2.02. The maximum Gasteiger partial charge on any atom is 0.313 e. The van der Waals surface area contributed by atoms with Gasteiger partial charge in [0.2, 0.25) is 0 Å². The molecule has 2 rings (SSSR count). The van der Waals surface area contributed by atoms with Crippen molar-refractivity contribution >= 4 is 17.5 Å². The van der Waals surface area contributed by atoms with Gasteiger partial charge in [-0.1, -0.05) is 12.8 Å². The van der Waals surface area contributed by atoms with Crippen LogP contribution in [0.2, 0.25) is 0 Å². The SMILES string of the molecule is O=C(NC[C@H]1CCCC[C@@H]1O)C(=O)Nc1cc(F)cc(F)c1. The second kappa shape index (κ2) is 7.31. The fraction of sp³-hybridized carbons (Fsp3) is 0.467. The molecule has 0 spiro atoms. The first-order chi connectivity index (χ1) is 10.5. The highest BCUT2D eigenvalue weighted by Gasteiger charge is 2.24. The number of nitrogens with one attached hydrogen (secondary N) is 2. The summed E-state index contributed by atoms with van der Waals surface area (Å²) in [5.74, 6) is -3.67. The summed E-state index contributed by atoms with van der Waals surface area (Å²) >= 11 is 0. The fourth-order valence-corrected chi connectivity index (χ4v) is 2.54. The molecule has 7 heteroatoms. The molecule has 120 valence electrons. The van der Waals surface area contributed by atoms with Gasteiger partial charge in [0.1, 0.15) is 11.6 Å². The van der Waals surface area contributed by atoms with Gasteiger partial charge in [-0.05, 0) is 25.0 Å². The van der Waals surface area contributed by atoms with E-state index in [1.54, 1.807) is 0 Å². The van der Waals surface area contributed by atoms with Crippen LogP contribution in [0.5, 0.6) is 0 Å². The van der Waals surface area contributed by atoms with E-state index < -0.39 is 29.6 Å². The van der Waals surface area contributed by atoms with Gasteiger partial charge in [0.15, 0.2) is 0 Å². The van der Waals surface area contributed by atoms with Crippen LogP contribution < -0.4 is 10.6 Å². The van der Waals surface area contributed by atoms with Crippen molar-refractivity contribution in [2.75, 3.05) is 11.9 Å². The number of rotatable bonds is 3. The average Bonchev–Trinajstić information content (AvgIpc) is 2.45. The van der Waals surface area contributed by atoms with Crippen LogP contribution in [0.4, 0.5) is 14.5 Å². The summed E-state index contributed by atoms with van der Waals surface area (Å²) in [6.07, 6.45) is 2.94. The molecular formula is C15H18F2N2O3. The van der Waals surface area contributed by atoms with Crippen molar-refractivity contribution < 1.29 is 23.5 Å². The van der Waals surface area contributed by atoms with Crippen molar-refractivity contribution in [1.82, 2.24) is 5.32 Å². The maximum atomic E-state index is 13.0. The zero-order valence-electron chi connectivity index (χ0n) is 11.9. The molecule has 3 N–H and O–H groups in total. The van der Waals surface area contributed by atoms with Crippen LogP contribution in [0.1, 0.15) is 25.7 Å². The molecule has 1 saturated carbocycles. The predicted octanol–water partition coefficient (Wildman–Crippen LogP) is 1.57. The summed E-state index contributed by atoms with van der Waals surface area (Å²) in [5, 5.41) is 14.3. The highest BCUT2D eigenvalue weighted by Crippen LogP contribution is 2.23. The largest absolute Gasteiger partial charge is 0.393 e. The Bertz CT molecular complexity index is 545. The van der Waals surface area contributed by atoms with Gasteiger partial charge in [-0.15, -0.1) is 0 Å². The van der Waals surface area contributed by atoms with Crippen LogP contribution >= 0.6 is 0 Å². The molecule has 2 amide bonds. The van der Waals surface area contributed by atoms with Crippen molar-refractivity contribution in [3.8, 4) is 0 Å². The van der Waals surface area contributed by atoms with Gasteiger partial charge >= 0.3 is 11.8 Å². The van der Waals surface area contributed by atoms with Gasteiger partial charge in [-0.3, -0.25) is 9.59 Å². The van der Waals surface area contributed by atoms with Crippen LogP contribution in [0.15, 0.2) is 18.2 Å². The zero-order valence-corrected chi connectivity index (χ0v) is 11.9. The summed E-state index contributed by atoms with van der Waals surface area (Å²) in [5.41, 5.74) is -0.129. The van der Waals surface area contributed by atoms with Gasteiger partial charge in [0, 0.05) is 24.2 Å². The molecule has 1 aromatic rings. The van der Waals surface area contributed by atoms with E-state index in [2.05, 4.69) is 10.6 Å². The second-order valence-corrected chi connectivity index (χ2v) is 5.43. The molecule has 0 aliphatic heterocycles. The topological polar surface area (TPSA) is 78.4 Å². The van der Waals surface area contributed by atoms with E-state index in [4.69, 9.17) is 0 Å². The number of hydrogen-bond donors (Lipinski definition) is 3. The van der Waals surface area contributed by atoms with E-state index in [0.717, 1.165) is 31.4 Å². The summed E-state index contributed by atoms with van der Waals surface area (Å²) in [6.45, 7) is 0.199. The van der Waals surface area contributed by atoms with Gasteiger partial charge < -0.3 is 15.7 Å². The normalized spacial score (nSPS) is 21.2. The van der Waals surface area contributed by atoms with Crippen molar-refractivity contribution in [3.05, 3.63) is 29.8 Å². The predicted molar refractivity (Wildman–Crippen MR) is 76.0 cm³/mol. The molecule has 0 radical (unpaired) electrons. The van der Waals surface area contributed by atoms with Gasteiger partial charge in [0.05, 0.1) is 6.10 Å². The molecule has 0 bridgehead atoms. The molecule has 1 aromatic carbocycles. The fourth-order valence-electron chi connectivity index (χ4n) is 2.54. The van der Waals surface area contributed by atoms with E-state index >= 15 is 0 Å². The number of carbonyl (C=O) groups is 2. The lowest BCUT2D eigenvalue weighted by atomic mass is 9.86. The molecule has 1 fully saturated rings. The zero-order chi connectivity index (χ0) is 16.1. The first-order valence-corrected chi connectivity index (χ1v) is 7.19. The third-order valence-corrected chi connectivity index (χ3v) is 3.72. The van der Waals surface area contributed by atoms with E-state index in [1.165, 1.54) is 0 Å². The average molecular weight is 312 g/mol. The lowest BCUT2D eigenvalue weighted by molar-refractivity contribution is -0.136. The van der Waals surface area contributed by atoms with E-state index in [1.807, 2.05) is 0 Å². The third-order valence-electron chi connectivity index (χ3n) is 3.72. The summed E-state index contributed by atoms with van der Waals surface area (Å²) in [4.78, 5) is 23.3. The number of carbonyl (C=O) groups excluding carboxylic acids is 2. The molecule has 5 nitrogen and oxygen atoms in total. The van der Waals surface area contributed by atoms with Crippen LogP contribution in [0.25, 0.3) is 0 Å². The molecule has 0 aromatic heterocycles. The molecular weight excluding hydrogens is 294 g/mol. The summed E-state index contributed by atoms with van der Waals surface area (Å²) in [6, 6.07) is 2.50. The highest BCUT2D eigenvalue weighted by molar-refractivity contribution is 6.39. The van der Waals surface area contributed by atoms with Gasteiger partial charge in [-0.25, -0.2) is 8.78 Å². The Kier molecular flexibility index (Phi) is 5.43. The van der Waals surface area contributed by atoms with E-state index in [9.17, 15) is 23.5 Å². The number of anilines is 1. The minimum atomic E-state index is -1.00. The molecule has 2 atom stereocenters.